The van der Waals surface area contributed by atoms with Crippen LogP contribution in [0.5, 0.6) is 0 Å². The molecule has 57 heavy (non-hydrogen) atoms. The highest BCUT2D eigenvalue weighted by atomic mass is 15.1. The third kappa shape index (κ3) is 5.25. The van der Waals surface area contributed by atoms with Crippen LogP contribution in [0.2, 0.25) is 0 Å². The van der Waals surface area contributed by atoms with Crippen molar-refractivity contribution < 1.29 is 0 Å². The van der Waals surface area contributed by atoms with Crippen LogP contribution in [0.1, 0.15) is 25.0 Å². The number of fused-ring (bicyclic) bond motifs is 8. The van der Waals surface area contributed by atoms with Gasteiger partial charge in [0.15, 0.2) is 0 Å². The SMILES string of the molecule is CC1(C)c2ccccc2-c2ccc(N(c3ccc(-c4ccccc4)cc3)c3ccc(-c4cc5c(c6ccccc46)c4ccccc4n5-c4ccccc4)cc3)cc21. The Balaban J connectivity index is 1.07. The second kappa shape index (κ2) is 13.0. The van der Waals surface area contributed by atoms with E-state index in [4.69, 9.17) is 0 Å². The number of anilines is 3. The van der Waals surface area contributed by atoms with Crippen molar-refractivity contribution in [3.63, 3.8) is 0 Å². The van der Waals surface area contributed by atoms with E-state index in [1.54, 1.807) is 0 Å². The fraction of sp³-hybridized carbons (Fsp3) is 0.0545. The first kappa shape index (κ1) is 33.2. The molecule has 9 aromatic carbocycles. The number of rotatable bonds is 6. The summed E-state index contributed by atoms with van der Waals surface area (Å²) in [6.07, 6.45) is 0. The van der Waals surface area contributed by atoms with Crippen LogP contribution < -0.4 is 4.90 Å². The summed E-state index contributed by atoms with van der Waals surface area (Å²) in [6.45, 7) is 4.71. The highest BCUT2D eigenvalue weighted by molar-refractivity contribution is 6.24. The Morgan fingerprint density at radius 1 is 0.368 bits per heavy atom. The molecule has 0 radical (unpaired) electrons. The van der Waals surface area contributed by atoms with Crippen molar-refractivity contribution in [2.24, 2.45) is 0 Å². The molecule has 11 rings (SSSR count). The normalized spacial score (nSPS) is 12.9. The third-order valence-corrected chi connectivity index (χ3v) is 12.2. The number of nitrogens with zero attached hydrogens (tertiary/aromatic N) is 2. The van der Waals surface area contributed by atoms with Crippen molar-refractivity contribution in [2.75, 3.05) is 4.90 Å². The maximum Gasteiger partial charge on any atom is 0.0553 e. The molecule has 0 spiro atoms. The fourth-order valence-corrected chi connectivity index (χ4v) is 9.43. The van der Waals surface area contributed by atoms with E-state index in [-0.39, 0.29) is 5.41 Å². The predicted octanol–water partition coefficient (Wildman–Crippen LogP) is 15.0. The molecule has 0 aliphatic heterocycles. The molecule has 2 heteroatoms. The van der Waals surface area contributed by atoms with Crippen LogP contribution in [0.25, 0.3) is 71.6 Å². The third-order valence-electron chi connectivity index (χ3n) is 12.2. The fourth-order valence-electron chi connectivity index (χ4n) is 9.43. The van der Waals surface area contributed by atoms with Crippen molar-refractivity contribution >= 4 is 49.6 Å². The quantitative estimate of drug-likeness (QED) is 0.165. The lowest BCUT2D eigenvalue weighted by Gasteiger charge is -2.28. The summed E-state index contributed by atoms with van der Waals surface area (Å²) in [5.41, 5.74) is 17.1. The molecule has 0 unspecified atom stereocenters. The first-order valence-corrected chi connectivity index (χ1v) is 19.9. The lowest BCUT2D eigenvalue weighted by molar-refractivity contribution is 0.660. The zero-order valence-corrected chi connectivity index (χ0v) is 32.0. The molecule has 0 fully saturated rings. The van der Waals surface area contributed by atoms with Gasteiger partial charge in [-0.25, -0.2) is 0 Å². The Labute approximate surface area is 333 Å². The van der Waals surface area contributed by atoms with Gasteiger partial charge in [-0.3, -0.25) is 0 Å². The Kier molecular flexibility index (Phi) is 7.55. The van der Waals surface area contributed by atoms with Crippen molar-refractivity contribution in [1.29, 1.82) is 0 Å². The van der Waals surface area contributed by atoms with Gasteiger partial charge in [0.1, 0.15) is 0 Å². The number of aromatic nitrogens is 1. The molecule has 2 nitrogen and oxygen atoms in total. The molecule has 0 bridgehead atoms. The van der Waals surface area contributed by atoms with E-state index in [1.165, 1.54) is 77.1 Å². The van der Waals surface area contributed by atoms with Gasteiger partial charge in [0.05, 0.1) is 11.0 Å². The lowest BCUT2D eigenvalue weighted by atomic mass is 9.82. The van der Waals surface area contributed by atoms with Crippen molar-refractivity contribution in [3.8, 4) is 39.1 Å². The number of hydrogen-bond donors (Lipinski definition) is 0. The monoisotopic (exact) mass is 728 g/mol. The molecular weight excluding hydrogens is 689 g/mol. The molecule has 1 aromatic heterocycles. The Morgan fingerprint density at radius 3 is 1.65 bits per heavy atom. The molecule has 0 saturated heterocycles. The van der Waals surface area contributed by atoms with E-state index in [0.29, 0.717) is 0 Å². The molecule has 1 heterocycles. The van der Waals surface area contributed by atoms with Crippen LogP contribution in [0.4, 0.5) is 17.1 Å². The highest BCUT2D eigenvalue weighted by Gasteiger charge is 2.35. The van der Waals surface area contributed by atoms with Crippen molar-refractivity contribution in [1.82, 2.24) is 4.57 Å². The average molecular weight is 729 g/mol. The van der Waals surface area contributed by atoms with Crippen LogP contribution in [-0.4, -0.2) is 4.57 Å². The Morgan fingerprint density at radius 2 is 0.912 bits per heavy atom. The maximum absolute atomic E-state index is 2.42. The van der Waals surface area contributed by atoms with Gasteiger partial charge < -0.3 is 9.47 Å². The van der Waals surface area contributed by atoms with E-state index in [0.717, 1.165) is 22.7 Å². The minimum atomic E-state index is -0.101. The van der Waals surface area contributed by atoms with Gasteiger partial charge in [0.25, 0.3) is 0 Å². The molecular formula is C55H40N2. The van der Waals surface area contributed by atoms with Crippen LogP contribution >= 0.6 is 0 Å². The van der Waals surface area contributed by atoms with Crippen molar-refractivity contribution in [3.05, 3.63) is 217 Å². The smallest absolute Gasteiger partial charge is 0.0553 e. The van der Waals surface area contributed by atoms with Gasteiger partial charge >= 0.3 is 0 Å². The number of hydrogen-bond acceptors (Lipinski definition) is 1. The van der Waals surface area contributed by atoms with Gasteiger partial charge in [0.2, 0.25) is 0 Å². The van der Waals surface area contributed by atoms with E-state index >= 15 is 0 Å². The first-order valence-electron chi connectivity index (χ1n) is 19.9. The largest absolute Gasteiger partial charge is 0.310 e. The summed E-state index contributed by atoms with van der Waals surface area (Å²) in [6, 6.07) is 75.5. The molecule has 270 valence electrons. The highest BCUT2D eigenvalue weighted by Crippen LogP contribution is 2.51. The van der Waals surface area contributed by atoms with E-state index in [9.17, 15) is 0 Å². The minimum Gasteiger partial charge on any atom is -0.310 e. The summed E-state index contributed by atoms with van der Waals surface area (Å²) in [4.78, 5) is 2.41. The molecule has 1 aliphatic rings. The van der Waals surface area contributed by atoms with Crippen LogP contribution in [0.15, 0.2) is 206 Å². The zero-order chi connectivity index (χ0) is 38.1. The average Bonchev–Trinajstić information content (AvgIpc) is 3.73. The topological polar surface area (TPSA) is 8.17 Å². The number of benzene rings is 9. The van der Waals surface area contributed by atoms with E-state index in [2.05, 4.69) is 230 Å². The standard InChI is InChI=1S/C55H40N2/c1-55(2)50-23-13-11-20-45(50)46-34-33-43(35-51(46)55)56(41-29-25-38(26-30-41)37-15-5-3-6-16-37)42-31-27-39(28-32-42)49-36-53-54(47-21-10-9-19-44(47)49)48-22-12-14-24-52(48)57(53)40-17-7-4-8-18-40/h3-36H,1-2H3. The van der Waals surface area contributed by atoms with Crippen LogP contribution in [-0.2, 0) is 5.41 Å². The van der Waals surface area contributed by atoms with Gasteiger partial charge in [-0.1, -0.05) is 159 Å². The lowest BCUT2D eigenvalue weighted by Crippen LogP contribution is -2.16. The molecule has 0 N–H and O–H groups in total. The Bertz CT molecular complexity index is 3120. The Hall–Kier alpha value is -7.16. The first-order chi connectivity index (χ1) is 28.0. The second-order valence-electron chi connectivity index (χ2n) is 15.7. The van der Waals surface area contributed by atoms with Gasteiger partial charge in [-0.05, 0) is 116 Å². The van der Waals surface area contributed by atoms with Gasteiger partial charge in [0, 0.05) is 38.9 Å². The summed E-state index contributed by atoms with van der Waals surface area (Å²) >= 11 is 0. The molecule has 0 saturated carbocycles. The second-order valence-corrected chi connectivity index (χ2v) is 15.7. The molecule has 0 amide bonds. The molecule has 1 aliphatic carbocycles. The zero-order valence-electron chi connectivity index (χ0n) is 32.0. The van der Waals surface area contributed by atoms with Crippen molar-refractivity contribution in [2.45, 2.75) is 19.3 Å². The summed E-state index contributed by atoms with van der Waals surface area (Å²) in [5.74, 6) is 0. The summed E-state index contributed by atoms with van der Waals surface area (Å²) in [5, 5.41) is 5.07. The number of para-hydroxylation sites is 2. The van der Waals surface area contributed by atoms with Gasteiger partial charge in [-0.15, -0.1) is 0 Å². The van der Waals surface area contributed by atoms with Gasteiger partial charge in [-0.2, -0.15) is 0 Å². The molecule has 10 aromatic rings. The molecule has 0 atom stereocenters. The summed E-state index contributed by atoms with van der Waals surface area (Å²) < 4.78 is 2.42. The van der Waals surface area contributed by atoms with E-state index < -0.39 is 0 Å². The van der Waals surface area contributed by atoms with E-state index in [1.807, 2.05) is 0 Å². The summed E-state index contributed by atoms with van der Waals surface area (Å²) in [7, 11) is 0. The van der Waals surface area contributed by atoms with Crippen LogP contribution in [0.3, 0.4) is 0 Å². The minimum absolute atomic E-state index is 0.101. The maximum atomic E-state index is 2.42. The van der Waals surface area contributed by atoms with Crippen LogP contribution in [0, 0.1) is 0 Å². The predicted molar refractivity (Wildman–Crippen MR) is 241 cm³/mol.